The van der Waals surface area contributed by atoms with E-state index >= 15 is 0 Å². The third-order valence-corrected chi connectivity index (χ3v) is 9.83. The molecule has 4 aromatic carbocycles. The highest BCUT2D eigenvalue weighted by molar-refractivity contribution is 9.10. The van der Waals surface area contributed by atoms with Crippen LogP contribution in [0.5, 0.6) is 0 Å². The lowest BCUT2D eigenvalue weighted by atomic mass is 10.0. The molecule has 0 spiro atoms. The molecule has 4 aromatic rings. The highest BCUT2D eigenvalue weighted by Gasteiger charge is 2.35. The Labute approximate surface area is 273 Å². The van der Waals surface area contributed by atoms with Crippen LogP contribution in [0.1, 0.15) is 31.4 Å². The van der Waals surface area contributed by atoms with Gasteiger partial charge in [-0.2, -0.15) is 0 Å². The van der Waals surface area contributed by atoms with E-state index in [0.717, 1.165) is 19.9 Å². The van der Waals surface area contributed by atoms with Gasteiger partial charge in [-0.05, 0) is 73.0 Å². The Balaban J connectivity index is 1.78. The largest absolute Gasteiger partial charge is 0.352 e. The Kier molecular flexibility index (Phi) is 11.6. The molecular formula is C34H35BrClN3O4S. The van der Waals surface area contributed by atoms with E-state index in [2.05, 4.69) is 21.2 Å². The highest BCUT2D eigenvalue weighted by atomic mass is 79.9. The van der Waals surface area contributed by atoms with Gasteiger partial charge in [-0.25, -0.2) is 8.42 Å². The van der Waals surface area contributed by atoms with Crippen LogP contribution in [0, 0.1) is 0 Å². The number of anilines is 1. The first-order valence-corrected chi connectivity index (χ1v) is 16.9. The first-order chi connectivity index (χ1) is 21.1. The van der Waals surface area contributed by atoms with Gasteiger partial charge in [0.25, 0.3) is 10.0 Å². The van der Waals surface area contributed by atoms with Gasteiger partial charge in [-0.3, -0.25) is 13.9 Å². The Hall–Kier alpha value is -3.66. The van der Waals surface area contributed by atoms with Gasteiger partial charge in [0.2, 0.25) is 11.8 Å². The lowest BCUT2D eigenvalue weighted by Crippen LogP contribution is -2.54. The van der Waals surface area contributed by atoms with E-state index in [0.29, 0.717) is 17.1 Å². The molecule has 2 atom stereocenters. The summed E-state index contributed by atoms with van der Waals surface area (Å²) in [7, 11) is -4.19. The number of hydrogen-bond acceptors (Lipinski definition) is 4. The number of hydrogen-bond donors (Lipinski definition) is 1. The minimum atomic E-state index is -4.19. The molecular weight excluding hydrogens is 662 g/mol. The molecule has 0 heterocycles. The summed E-state index contributed by atoms with van der Waals surface area (Å²) < 4.78 is 30.0. The summed E-state index contributed by atoms with van der Waals surface area (Å²) >= 11 is 9.49. The molecule has 10 heteroatoms. The first-order valence-electron chi connectivity index (χ1n) is 14.3. The monoisotopic (exact) mass is 695 g/mol. The third-order valence-electron chi connectivity index (χ3n) is 7.26. The van der Waals surface area contributed by atoms with Gasteiger partial charge in [0.05, 0.1) is 10.6 Å². The van der Waals surface area contributed by atoms with Gasteiger partial charge in [0, 0.05) is 28.5 Å². The maximum atomic E-state index is 14.4. The van der Waals surface area contributed by atoms with Gasteiger partial charge in [-0.15, -0.1) is 0 Å². The predicted octanol–water partition coefficient (Wildman–Crippen LogP) is 6.85. The lowest BCUT2D eigenvalue weighted by Gasteiger charge is -2.34. The molecule has 0 radical (unpaired) electrons. The number of carbonyl (C=O) groups is 2. The molecule has 0 aliphatic carbocycles. The van der Waals surface area contributed by atoms with Crippen molar-refractivity contribution >= 4 is 55.1 Å². The number of para-hydroxylation sites is 1. The second kappa shape index (κ2) is 15.4. The lowest BCUT2D eigenvalue weighted by molar-refractivity contribution is -0.140. The van der Waals surface area contributed by atoms with Gasteiger partial charge < -0.3 is 10.2 Å². The Morgan fingerprint density at radius 3 is 2.02 bits per heavy atom. The second-order valence-corrected chi connectivity index (χ2v) is 13.7. The average molecular weight is 697 g/mol. The van der Waals surface area contributed by atoms with E-state index in [1.807, 2.05) is 68.4 Å². The summed E-state index contributed by atoms with van der Waals surface area (Å²) in [6.07, 6.45) is 0.965. The molecule has 0 bridgehead atoms. The average Bonchev–Trinajstić information content (AvgIpc) is 3.03. The van der Waals surface area contributed by atoms with Crippen LogP contribution < -0.4 is 9.62 Å². The van der Waals surface area contributed by atoms with Crippen LogP contribution in [0.4, 0.5) is 5.69 Å². The van der Waals surface area contributed by atoms with Crippen LogP contribution in [0.2, 0.25) is 5.02 Å². The van der Waals surface area contributed by atoms with Crippen LogP contribution in [0.3, 0.4) is 0 Å². The fraction of sp³-hybridized carbons (Fsp3) is 0.235. The van der Waals surface area contributed by atoms with E-state index in [1.165, 1.54) is 29.2 Å². The molecule has 7 nitrogen and oxygen atoms in total. The molecule has 0 aliphatic rings. The first kappa shape index (κ1) is 33.2. The van der Waals surface area contributed by atoms with Gasteiger partial charge in [0.15, 0.2) is 0 Å². The second-order valence-electron chi connectivity index (χ2n) is 10.5. The number of nitrogens with zero attached hydrogens (tertiary/aromatic N) is 2. The molecule has 4 rings (SSSR count). The maximum absolute atomic E-state index is 14.4. The number of benzene rings is 4. The van der Waals surface area contributed by atoms with Crippen LogP contribution in [-0.4, -0.2) is 43.8 Å². The van der Waals surface area contributed by atoms with Crippen LogP contribution in [0.15, 0.2) is 119 Å². The number of carbonyl (C=O) groups excluding carboxylic acids is 2. The molecule has 1 N–H and O–H groups in total. The van der Waals surface area contributed by atoms with Crippen LogP contribution >= 0.6 is 27.5 Å². The molecule has 230 valence electrons. The van der Waals surface area contributed by atoms with Gasteiger partial charge in [0.1, 0.15) is 12.6 Å². The van der Waals surface area contributed by atoms with Crippen molar-refractivity contribution in [3.8, 4) is 0 Å². The molecule has 0 saturated carbocycles. The third kappa shape index (κ3) is 8.71. The zero-order valence-corrected chi connectivity index (χ0v) is 27.7. The molecule has 2 amide bonds. The van der Waals surface area contributed by atoms with Crippen molar-refractivity contribution in [2.24, 2.45) is 0 Å². The van der Waals surface area contributed by atoms with E-state index in [1.54, 1.807) is 30.3 Å². The Bertz CT molecular complexity index is 1640. The fourth-order valence-electron chi connectivity index (χ4n) is 4.64. The van der Waals surface area contributed by atoms with Crippen LogP contribution in [0.25, 0.3) is 0 Å². The summed E-state index contributed by atoms with van der Waals surface area (Å²) in [5, 5.41) is 3.43. The maximum Gasteiger partial charge on any atom is 0.264 e. The summed E-state index contributed by atoms with van der Waals surface area (Å²) in [5.41, 5.74) is 1.99. The standard InChI is InChI=1S/C34H35BrClN3O4S/c1-3-25(2)37-34(41)32(22-26-10-6-4-7-11-26)38(23-27-14-16-28(35)17-15-27)33(40)24-39(30-12-8-5-9-13-30)44(42,43)31-20-18-29(36)19-21-31/h4-21,25,32H,3,22-24H2,1-2H3,(H,37,41)/t25-,32-/m0/s1. The van der Waals surface area contributed by atoms with Crippen molar-refractivity contribution in [2.45, 2.75) is 50.2 Å². The summed E-state index contributed by atoms with van der Waals surface area (Å²) in [4.78, 5) is 29.8. The number of nitrogens with one attached hydrogen (secondary N) is 1. The molecule has 0 aromatic heterocycles. The van der Waals surface area contributed by atoms with Gasteiger partial charge in [-0.1, -0.05) is 95.1 Å². The molecule has 0 fully saturated rings. The van der Waals surface area contributed by atoms with Gasteiger partial charge >= 0.3 is 0 Å². The Morgan fingerprint density at radius 1 is 0.841 bits per heavy atom. The van der Waals surface area contributed by atoms with E-state index in [-0.39, 0.29) is 29.8 Å². The minimum absolute atomic E-state index is 0.00615. The van der Waals surface area contributed by atoms with E-state index in [4.69, 9.17) is 11.6 Å². The molecule has 0 unspecified atom stereocenters. The molecule has 0 aliphatic heterocycles. The smallest absolute Gasteiger partial charge is 0.264 e. The number of halogens is 2. The summed E-state index contributed by atoms with van der Waals surface area (Å²) in [5.74, 6) is -0.824. The zero-order chi connectivity index (χ0) is 31.7. The van der Waals surface area contributed by atoms with Crippen LogP contribution in [-0.2, 0) is 32.6 Å². The van der Waals surface area contributed by atoms with E-state index < -0.39 is 28.5 Å². The SMILES string of the molecule is CC[C@H](C)NC(=O)[C@H](Cc1ccccc1)N(Cc1ccc(Br)cc1)C(=O)CN(c1ccccc1)S(=O)(=O)c1ccc(Cl)cc1. The molecule has 0 saturated heterocycles. The van der Waals surface area contributed by atoms with E-state index in [9.17, 15) is 18.0 Å². The number of amides is 2. The van der Waals surface area contributed by atoms with Crippen molar-refractivity contribution in [1.82, 2.24) is 10.2 Å². The zero-order valence-electron chi connectivity index (χ0n) is 24.6. The summed E-state index contributed by atoms with van der Waals surface area (Å²) in [6.45, 7) is 3.46. The normalized spacial score (nSPS) is 12.6. The van der Waals surface area contributed by atoms with Crippen molar-refractivity contribution in [1.29, 1.82) is 0 Å². The quantitative estimate of drug-likeness (QED) is 0.166. The fourth-order valence-corrected chi connectivity index (χ4v) is 6.44. The minimum Gasteiger partial charge on any atom is -0.352 e. The van der Waals surface area contributed by atoms with Crippen molar-refractivity contribution in [3.63, 3.8) is 0 Å². The predicted molar refractivity (Wildman–Crippen MR) is 179 cm³/mol. The summed E-state index contributed by atoms with van der Waals surface area (Å²) in [6, 6.07) is 30.2. The molecule has 44 heavy (non-hydrogen) atoms. The Morgan fingerprint density at radius 2 is 1.43 bits per heavy atom. The number of sulfonamides is 1. The highest BCUT2D eigenvalue weighted by Crippen LogP contribution is 2.26. The topological polar surface area (TPSA) is 86.8 Å². The van der Waals surface area contributed by atoms with Crippen molar-refractivity contribution in [3.05, 3.63) is 130 Å². The van der Waals surface area contributed by atoms with Crippen molar-refractivity contribution in [2.75, 3.05) is 10.8 Å². The number of rotatable bonds is 13. The van der Waals surface area contributed by atoms with Crippen molar-refractivity contribution < 1.29 is 18.0 Å².